The van der Waals surface area contributed by atoms with Gasteiger partial charge in [-0.25, -0.2) is 0 Å². The molecule has 0 atom stereocenters. The first-order chi connectivity index (χ1) is 25.3. The van der Waals surface area contributed by atoms with Crippen LogP contribution in [0.1, 0.15) is 36.0 Å². The summed E-state index contributed by atoms with van der Waals surface area (Å²) in [6.45, 7) is 12.6. The summed E-state index contributed by atoms with van der Waals surface area (Å²) in [5.74, 6) is 2.82. The Bertz CT molecular complexity index is 1180. The van der Waals surface area contributed by atoms with Crippen LogP contribution < -0.4 is 30.2 Å². The Morgan fingerprint density at radius 2 is 0.692 bits per heavy atom. The van der Waals surface area contributed by atoms with E-state index in [1.165, 1.54) is 16.7 Å². The fraction of sp³-hybridized carbons (Fsp3) is 0.571. The normalized spacial score (nSPS) is 11.7. The first kappa shape index (κ1) is 43.2. The molecule has 0 aliphatic heterocycles. The Hall–Kier alpha value is -3.22. The number of hydrogen-bond acceptors (Lipinski definition) is 10. The molecule has 3 aromatic rings. The predicted octanol–water partition coefficient (Wildman–Crippen LogP) is 4.65. The Balaban J connectivity index is 1.56. The van der Waals surface area contributed by atoms with E-state index in [-0.39, 0.29) is 0 Å². The van der Waals surface area contributed by atoms with Crippen LogP contribution in [0.25, 0.3) is 0 Å². The number of nitrogens with one attached hydrogen (secondary N) is 3. The third-order valence-electron chi connectivity index (χ3n) is 8.74. The van der Waals surface area contributed by atoms with Crippen molar-refractivity contribution in [2.45, 2.75) is 38.9 Å². The fourth-order valence-corrected chi connectivity index (χ4v) is 5.79. The van der Waals surface area contributed by atoms with Crippen LogP contribution in [-0.4, -0.2) is 141 Å². The zero-order valence-electron chi connectivity index (χ0n) is 33.2. The van der Waals surface area contributed by atoms with Gasteiger partial charge in [0.2, 0.25) is 0 Å². The van der Waals surface area contributed by atoms with Crippen LogP contribution >= 0.6 is 0 Å². The standard InChI is InChI=1S/C42H69N7O3/c1-46(2)25-13-22-43-34-37-16-7-10-19-40(37)50-31-28-49(29-32-51-41-20-11-8-17-38(41)35-44-23-14-26-47(3)4)30-33-52-42-21-12-9-18-39(42)36-45-24-15-27-48(5)6/h7-12,16-21,43-45H,13-15,22-36H2,1-6H3. The molecule has 0 aliphatic rings. The zero-order chi connectivity index (χ0) is 37.2. The van der Waals surface area contributed by atoms with Crippen molar-refractivity contribution in [3.8, 4) is 17.2 Å². The lowest BCUT2D eigenvalue weighted by Gasteiger charge is -2.24. The Morgan fingerprint density at radius 3 is 0.981 bits per heavy atom. The van der Waals surface area contributed by atoms with E-state index >= 15 is 0 Å². The summed E-state index contributed by atoms with van der Waals surface area (Å²) in [5.41, 5.74) is 3.55. The second kappa shape index (κ2) is 26.5. The summed E-state index contributed by atoms with van der Waals surface area (Å²) in [7, 11) is 12.7. The van der Waals surface area contributed by atoms with Crippen LogP contribution in [0.4, 0.5) is 0 Å². The molecule has 52 heavy (non-hydrogen) atoms. The minimum atomic E-state index is 0.582. The summed E-state index contributed by atoms with van der Waals surface area (Å²) in [5, 5.41) is 10.7. The topological polar surface area (TPSA) is 76.7 Å². The lowest BCUT2D eigenvalue weighted by atomic mass is 10.2. The number of para-hydroxylation sites is 3. The van der Waals surface area contributed by atoms with Crippen molar-refractivity contribution < 1.29 is 14.2 Å². The van der Waals surface area contributed by atoms with Gasteiger partial charge in [0.05, 0.1) is 0 Å². The van der Waals surface area contributed by atoms with Gasteiger partial charge in [-0.05, 0) is 119 Å². The van der Waals surface area contributed by atoms with E-state index < -0.39 is 0 Å². The van der Waals surface area contributed by atoms with E-state index in [4.69, 9.17) is 14.2 Å². The van der Waals surface area contributed by atoms with Gasteiger partial charge in [-0.15, -0.1) is 0 Å². The monoisotopic (exact) mass is 720 g/mol. The molecule has 3 rings (SSSR count). The lowest BCUT2D eigenvalue weighted by molar-refractivity contribution is 0.152. The molecule has 0 fully saturated rings. The minimum absolute atomic E-state index is 0.582. The minimum Gasteiger partial charge on any atom is -0.492 e. The van der Waals surface area contributed by atoms with Crippen LogP contribution in [0.15, 0.2) is 72.8 Å². The molecule has 0 bridgehead atoms. The largest absolute Gasteiger partial charge is 0.492 e. The van der Waals surface area contributed by atoms with Crippen LogP contribution in [0.5, 0.6) is 17.2 Å². The maximum Gasteiger partial charge on any atom is 0.123 e. The van der Waals surface area contributed by atoms with E-state index in [1.807, 2.05) is 18.2 Å². The molecule has 0 heterocycles. The molecule has 0 spiro atoms. The molecule has 0 saturated carbocycles. The number of benzene rings is 3. The number of hydrogen-bond donors (Lipinski definition) is 3. The fourth-order valence-electron chi connectivity index (χ4n) is 5.79. The highest BCUT2D eigenvalue weighted by Gasteiger charge is 2.11. The average Bonchev–Trinajstić information content (AvgIpc) is 3.12. The van der Waals surface area contributed by atoms with Gasteiger partial charge in [-0.2, -0.15) is 0 Å². The van der Waals surface area contributed by atoms with E-state index in [0.29, 0.717) is 19.8 Å². The number of nitrogens with zero attached hydrogens (tertiary/aromatic N) is 4. The molecule has 3 N–H and O–H groups in total. The first-order valence-corrected chi connectivity index (χ1v) is 19.2. The van der Waals surface area contributed by atoms with Gasteiger partial charge in [0.25, 0.3) is 0 Å². The van der Waals surface area contributed by atoms with Gasteiger partial charge in [-0.1, -0.05) is 54.6 Å². The molecule has 10 heteroatoms. The van der Waals surface area contributed by atoms with Crippen LogP contribution in [0.3, 0.4) is 0 Å². The van der Waals surface area contributed by atoms with E-state index in [1.54, 1.807) is 0 Å². The van der Waals surface area contributed by atoms with E-state index in [0.717, 1.165) is 115 Å². The van der Waals surface area contributed by atoms with Gasteiger partial charge in [0.15, 0.2) is 0 Å². The van der Waals surface area contributed by atoms with Crippen molar-refractivity contribution in [3.05, 3.63) is 89.5 Å². The Morgan fingerprint density at radius 1 is 0.404 bits per heavy atom. The van der Waals surface area contributed by atoms with Crippen LogP contribution in [0.2, 0.25) is 0 Å². The van der Waals surface area contributed by atoms with Crippen molar-refractivity contribution >= 4 is 0 Å². The number of ether oxygens (including phenoxy) is 3. The van der Waals surface area contributed by atoms with Gasteiger partial charge in [-0.3, -0.25) is 4.90 Å². The third kappa shape index (κ3) is 19.0. The average molecular weight is 720 g/mol. The van der Waals surface area contributed by atoms with E-state index in [9.17, 15) is 0 Å². The molecule has 0 aliphatic carbocycles. The summed E-state index contributed by atoms with van der Waals surface area (Å²) < 4.78 is 19.2. The summed E-state index contributed by atoms with van der Waals surface area (Å²) >= 11 is 0. The maximum absolute atomic E-state index is 6.39. The van der Waals surface area contributed by atoms with Crippen molar-refractivity contribution in [1.82, 2.24) is 35.6 Å². The predicted molar refractivity (Wildman–Crippen MR) is 217 cm³/mol. The Labute approximate surface area is 315 Å². The summed E-state index contributed by atoms with van der Waals surface area (Å²) in [6.07, 6.45) is 3.35. The molecule has 0 unspecified atom stereocenters. The SMILES string of the molecule is CN(C)CCCNCc1ccccc1OCCN(CCOc1ccccc1CNCCCN(C)C)CCOc1ccccc1CNCCCN(C)C. The molecule has 0 aromatic heterocycles. The highest BCUT2D eigenvalue weighted by molar-refractivity contribution is 5.34. The van der Waals surface area contributed by atoms with Gasteiger partial charge in [0, 0.05) is 56.0 Å². The van der Waals surface area contributed by atoms with Crippen LogP contribution in [0, 0.1) is 0 Å². The molecular weight excluding hydrogens is 651 g/mol. The molecule has 0 radical (unpaired) electrons. The first-order valence-electron chi connectivity index (χ1n) is 19.2. The van der Waals surface area contributed by atoms with Crippen molar-refractivity contribution in [2.24, 2.45) is 0 Å². The van der Waals surface area contributed by atoms with Gasteiger partial charge < -0.3 is 44.9 Å². The van der Waals surface area contributed by atoms with E-state index in [2.05, 4.69) is 132 Å². The summed E-state index contributed by atoms with van der Waals surface area (Å²) in [4.78, 5) is 9.04. The molecule has 0 amide bonds. The van der Waals surface area contributed by atoms with Crippen molar-refractivity contribution in [3.63, 3.8) is 0 Å². The molecule has 0 saturated heterocycles. The molecular formula is C42H69N7O3. The smallest absolute Gasteiger partial charge is 0.123 e. The zero-order valence-corrected chi connectivity index (χ0v) is 33.2. The molecule has 290 valence electrons. The quantitative estimate of drug-likeness (QED) is 0.0849. The Kier molecular flexibility index (Phi) is 22.0. The highest BCUT2D eigenvalue weighted by Crippen LogP contribution is 2.20. The molecule has 10 nitrogen and oxygen atoms in total. The van der Waals surface area contributed by atoms with Gasteiger partial charge >= 0.3 is 0 Å². The lowest BCUT2D eigenvalue weighted by Crippen LogP contribution is -2.36. The highest BCUT2D eigenvalue weighted by atomic mass is 16.5. The van der Waals surface area contributed by atoms with Crippen molar-refractivity contribution in [2.75, 3.05) is 121 Å². The second-order valence-corrected chi connectivity index (χ2v) is 14.2. The third-order valence-corrected chi connectivity index (χ3v) is 8.74. The number of rotatable bonds is 30. The molecule has 3 aromatic carbocycles. The summed E-state index contributed by atoms with van der Waals surface area (Å²) in [6, 6.07) is 25.1. The van der Waals surface area contributed by atoms with Crippen molar-refractivity contribution in [1.29, 1.82) is 0 Å². The second-order valence-electron chi connectivity index (χ2n) is 14.2. The van der Waals surface area contributed by atoms with Gasteiger partial charge in [0.1, 0.15) is 37.1 Å². The van der Waals surface area contributed by atoms with Crippen LogP contribution in [-0.2, 0) is 19.6 Å². The maximum atomic E-state index is 6.39.